The highest BCUT2D eigenvalue weighted by Crippen LogP contribution is 2.45. The first-order valence-electron chi connectivity index (χ1n) is 8.08. The molecular formula is C19H11F6NO3. The Morgan fingerprint density at radius 1 is 0.966 bits per heavy atom. The number of aliphatic hydroxyl groups is 2. The predicted octanol–water partition coefficient (Wildman–Crippen LogP) is 4.18. The quantitative estimate of drug-likeness (QED) is 0.722. The Balaban J connectivity index is 2.03. The van der Waals surface area contributed by atoms with Gasteiger partial charge in [-0.25, -0.2) is 0 Å². The van der Waals surface area contributed by atoms with Gasteiger partial charge >= 0.3 is 12.4 Å². The minimum absolute atomic E-state index is 0.262. The van der Waals surface area contributed by atoms with E-state index in [-0.39, 0.29) is 11.1 Å². The average Bonchev–Trinajstić information content (AvgIpc) is 2.89. The summed E-state index contributed by atoms with van der Waals surface area (Å²) in [5.74, 6) is -2.63. The lowest BCUT2D eigenvalue weighted by Gasteiger charge is -2.22. The van der Waals surface area contributed by atoms with Gasteiger partial charge in [-0.1, -0.05) is 6.07 Å². The fraction of sp³-hybridized carbons (Fsp3) is 0.263. The number of aliphatic hydroxyl groups excluding tert-OH is 2. The standard InChI is InChI=1S/C19H11F6NO3/c20-18(21,22)10-1-2-12-13(6-10)17(29)14(16(12)28)15(27)9-3-8(7-26)4-11(5-9)19(23,24)25/h1-6,14-15,17,27,29H. The van der Waals surface area contributed by atoms with Crippen molar-refractivity contribution < 1.29 is 41.4 Å². The molecule has 3 rings (SSSR count). The number of nitrogens with zero attached hydrogens (tertiary/aromatic N) is 1. The van der Waals surface area contributed by atoms with Crippen molar-refractivity contribution in [2.45, 2.75) is 24.6 Å². The highest BCUT2D eigenvalue weighted by Gasteiger charge is 2.45. The second-order valence-corrected chi connectivity index (χ2v) is 6.53. The summed E-state index contributed by atoms with van der Waals surface area (Å²) in [6.45, 7) is 0. The molecule has 4 nitrogen and oxygen atoms in total. The van der Waals surface area contributed by atoms with Crippen LogP contribution in [0.4, 0.5) is 26.3 Å². The van der Waals surface area contributed by atoms with Crippen molar-refractivity contribution in [1.29, 1.82) is 5.26 Å². The predicted molar refractivity (Wildman–Crippen MR) is 85.3 cm³/mol. The molecule has 0 heterocycles. The van der Waals surface area contributed by atoms with Crippen LogP contribution in [0.3, 0.4) is 0 Å². The van der Waals surface area contributed by atoms with Gasteiger partial charge in [0.25, 0.3) is 0 Å². The summed E-state index contributed by atoms with van der Waals surface area (Å²) < 4.78 is 77.8. The van der Waals surface area contributed by atoms with Crippen LogP contribution >= 0.6 is 0 Å². The summed E-state index contributed by atoms with van der Waals surface area (Å²) in [6.07, 6.45) is -13.4. The first-order valence-corrected chi connectivity index (χ1v) is 8.08. The van der Waals surface area contributed by atoms with E-state index < -0.39 is 58.5 Å². The van der Waals surface area contributed by atoms with Crippen LogP contribution < -0.4 is 0 Å². The van der Waals surface area contributed by atoms with Crippen LogP contribution in [-0.4, -0.2) is 16.0 Å². The number of hydrogen-bond donors (Lipinski definition) is 2. The van der Waals surface area contributed by atoms with Crippen LogP contribution in [0.2, 0.25) is 0 Å². The highest BCUT2D eigenvalue weighted by molar-refractivity contribution is 6.03. The summed E-state index contributed by atoms with van der Waals surface area (Å²) in [4.78, 5) is 12.5. The molecule has 0 amide bonds. The SMILES string of the molecule is N#Cc1cc(C(O)C2C(=O)c3ccc(C(F)(F)F)cc3C2O)cc(C(F)(F)F)c1. The number of ketones is 1. The molecule has 3 atom stereocenters. The zero-order valence-corrected chi connectivity index (χ0v) is 14.2. The van der Waals surface area contributed by atoms with E-state index in [1.165, 1.54) is 6.07 Å². The normalized spacial score (nSPS) is 20.3. The first kappa shape index (κ1) is 20.8. The van der Waals surface area contributed by atoms with Crippen molar-refractivity contribution in [2.24, 2.45) is 5.92 Å². The van der Waals surface area contributed by atoms with Crippen molar-refractivity contribution in [3.05, 3.63) is 69.8 Å². The van der Waals surface area contributed by atoms with Crippen molar-refractivity contribution in [1.82, 2.24) is 0 Å². The lowest BCUT2D eigenvalue weighted by molar-refractivity contribution is -0.138. The molecule has 0 saturated heterocycles. The molecule has 152 valence electrons. The van der Waals surface area contributed by atoms with Crippen LogP contribution in [0.25, 0.3) is 0 Å². The van der Waals surface area contributed by atoms with E-state index in [9.17, 15) is 41.4 Å². The number of hydrogen-bond acceptors (Lipinski definition) is 4. The Morgan fingerprint density at radius 3 is 2.14 bits per heavy atom. The zero-order valence-electron chi connectivity index (χ0n) is 14.2. The number of rotatable bonds is 2. The van der Waals surface area contributed by atoms with Crippen molar-refractivity contribution in [2.75, 3.05) is 0 Å². The lowest BCUT2D eigenvalue weighted by Crippen LogP contribution is -2.23. The fourth-order valence-corrected chi connectivity index (χ4v) is 3.30. The monoisotopic (exact) mass is 415 g/mol. The molecule has 1 aliphatic carbocycles. The summed E-state index contributed by atoms with van der Waals surface area (Å²) in [6, 6.07) is 5.55. The molecule has 0 saturated carbocycles. The topological polar surface area (TPSA) is 81.3 Å². The molecule has 0 bridgehead atoms. The first-order chi connectivity index (χ1) is 13.3. The molecule has 10 heteroatoms. The molecule has 1 aliphatic rings. The maximum absolute atomic E-state index is 13.0. The molecule has 3 unspecified atom stereocenters. The molecule has 0 spiro atoms. The van der Waals surface area contributed by atoms with Crippen LogP contribution in [0, 0.1) is 17.2 Å². The molecule has 0 fully saturated rings. The van der Waals surface area contributed by atoms with Crippen LogP contribution in [0.1, 0.15) is 50.4 Å². The fourth-order valence-electron chi connectivity index (χ4n) is 3.30. The molecule has 0 aromatic heterocycles. The summed E-state index contributed by atoms with van der Waals surface area (Å²) in [5.41, 5.74) is -3.90. The van der Waals surface area contributed by atoms with Gasteiger partial charge in [-0.2, -0.15) is 31.6 Å². The van der Waals surface area contributed by atoms with Gasteiger partial charge in [-0.3, -0.25) is 4.79 Å². The Bertz CT molecular complexity index is 1020. The number of Topliss-reactive ketones (excluding diaryl/α,β-unsaturated/α-hetero) is 1. The minimum Gasteiger partial charge on any atom is -0.388 e. The third-order valence-electron chi connectivity index (χ3n) is 4.70. The van der Waals surface area contributed by atoms with E-state index in [2.05, 4.69) is 0 Å². The largest absolute Gasteiger partial charge is 0.416 e. The summed E-state index contributed by atoms with van der Waals surface area (Å²) in [7, 11) is 0. The Labute approximate surface area is 159 Å². The Morgan fingerprint density at radius 2 is 1.59 bits per heavy atom. The van der Waals surface area contributed by atoms with Crippen LogP contribution in [0.15, 0.2) is 36.4 Å². The number of carbonyl (C=O) groups is 1. The Hall–Kier alpha value is -2.90. The maximum Gasteiger partial charge on any atom is 0.416 e. The van der Waals surface area contributed by atoms with Gasteiger partial charge in [0.15, 0.2) is 5.78 Å². The van der Waals surface area contributed by atoms with Gasteiger partial charge in [-0.15, -0.1) is 0 Å². The number of halogens is 6. The van der Waals surface area contributed by atoms with Crippen molar-refractivity contribution >= 4 is 5.78 Å². The Kier molecular flexibility index (Phi) is 4.93. The van der Waals surface area contributed by atoms with Gasteiger partial charge in [0, 0.05) is 5.56 Å². The third kappa shape index (κ3) is 3.71. The van der Waals surface area contributed by atoms with Crippen molar-refractivity contribution in [3.63, 3.8) is 0 Å². The third-order valence-corrected chi connectivity index (χ3v) is 4.70. The number of benzene rings is 2. The smallest absolute Gasteiger partial charge is 0.388 e. The number of alkyl halides is 6. The van der Waals surface area contributed by atoms with E-state index in [1.54, 1.807) is 0 Å². The van der Waals surface area contributed by atoms with Gasteiger partial charge < -0.3 is 10.2 Å². The van der Waals surface area contributed by atoms with Crippen LogP contribution in [-0.2, 0) is 12.4 Å². The molecule has 2 aromatic rings. The second kappa shape index (κ2) is 6.86. The molecule has 2 aromatic carbocycles. The van der Waals surface area contributed by atoms with Gasteiger partial charge in [0.05, 0.1) is 40.9 Å². The van der Waals surface area contributed by atoms with Crippen LogP contribution in [0.5, 0.6) is 0 Å². The van der Waals surface area contributed by atoms with Gasteiger partial charge in [-0.05, 0) is 41.5 Å². The maximum atomic E-state index is 13.0. The average molecular weight is 415 g/mol. The highest BCUT2D eigenvalue weighted by atomic mass is 19.4. The van der Waals surface area contributed by atoms with E-state index in [0.717, 1.165) is 12.1 Å². The van der Waals surface area contributed by atoms with E-state index in [4.69, 9.17) is 5.26 Å². The molecular weight excluding hydrogens is 404 g/mol. The van der Waals surface area contributed by atoms with E-state index >= 15 is 0 Å². The number of fused-ring (bicyclic) bond motifs is 1. The minimum atomic E-state index is -4.84. The number of carbonyl (C=O) groups excluding carboxylic acids is 1. The van der Waals surface area contributed by atoms with Gasteiger partial charge in [0.2, 0.25) is 0 Å². The van der Waals surface area contributed by atoms with E-state index in [1.807, 2.05) is 0 Å². The number of nitriles is 1. The summed E-state index contributed by atoms with van der Waals surface area (Å²) in [5, 5.41) is 29.8. The molecule has 2 N–H and O–H groups in total. The lowest BCUT2D eigenvalue weighted by atomic mass is 9.89. The molecule has 0 radical (unpaired) electrons. The second-order valence-electron chi connectivity index (χ2n) is 6.53. The van der Waals surface area contributed by atoms with Gasteiger partial charge in [0.1, 0.15) is 0 Å². The molecule has 0 aliphatic heterocycles. The summed E-state index contributed by atoms with van der Waals surface area (Å²) >= 11 is 0. The molecule has 29 heavy (non-hydrogen) atoms. The van der Waals surface area contributed by atoms with E-state index in [0.29, 0.717) is 24.3 Å². The van der Waals surface area contributed by atoms with Crippen molar-refractivity contribution in [3.8, 4) is 6.07 Å². The zero-order chi connectivity index (χ0) is 21.7.